The number of nitrogens with two attached hydrogens (primary N) is 1. The first-order chi connectivity index (χ1) is 9.47. The van der Waals surface area contributed by atoms with E-state index in [1.54, 1.807) is 0 Å². The van der Waals surface area contributed by atoms with Gasteiger partial charge in [-0.1, -0.05) is 0 Å². The van der Waals surface area contributed by atoms with Crippen LogP contribution >= 0.6 is 11.3 Å². The molecule has 0 spiro atoms. The van der Waals surface area contributed by atoms with Crippen molar-refractivity contribution in [2.75, 3.05) is 7.11 Å². The molecule has 0 saturated carbocycles. The highest BCUT2D eigenvalue weighted by atomic mass is 32.1. The number of ether oxygens (including phenoxy) is 1. The molecule has 0 radical (unpaired) electrons. The molecule has 1 aromatic rings. The minimum absolute atomic E-state index is 0.0539. The lowest BCUT2D eigenvalue weighted by Crippen LogP contribution is -2.41. The molecular weight excluding hydrogens is 286 g/mol. The topological polar surface area (TPSA) is 132 Å². The standard InChI is InChI=1S/C11H15N3O5S/c1-19-9(15)3-2-6(11(17)18)14-10(16)7-5-20-8(4-12)13-7/h5-6H,2-4,12H2,1H3,(H,14,16)(H,17,18)/t6-/m0/s1. The molecule has 4 N–H and O–H groups in total. The monoisotopic (exact) mass is 301 g/mol. The summed E-state index contributed by atoms with van der Waals surface area (Å²) in [6.45, 7) is 0.211. The van der Waals surface area contributed by atoms with E-state index in [9.17, 15) is 14.4 Å². The van der Waals surface area contributed by atoms with E-state index in [1.807, 2.05) is 0 Å². The van der Waals surface area contributed by atoms with E-state index < -0.39 is 23.9 Å². The zero-order valence-electron chi connectivity index (χ0n) is 10.8. The molecule has 0 aromatic carbocycles. The minimum Gasteiger partial charge on any atom is -0.480 e. The van der Waals surface area contributed by atoms with E-state index in [0.29, 0.717) is 5.01 Å². The van der Waals surface area contributed by atoms with Crippen LogP contribution in [0.3, 0.4) is 0 Å². The number of amides is 1. The highest BCUT2D eigenvalue weighted by Gasteiger charge is 2.22. The van der Waals surface area contributed by atoms with Crippen molar-refractivity contribution in [2.45, 2.75) is 25.4 Å². The lowest BCUT2D eigenvalue weighted by atomic mass is 10.1. The molecule has 1 heterocycles. The molecule has 110 valence electrons. The second kappa shape index (κ2) is 7.56. The third kappa shape index (κ3) is 4.59. The van der Waals surface area contributed by atoms with E-state index in [4.69, 9.17) is 10.8 Å². The fourth-order valence-electron chi connectivity index (χ4n) is 1.36. The van der Waals surface area contributed by atoms with Gasteiger partial charge >= 0.3 is 11.9 Å². The Kier molecular flexibility index (Phi) is 6.07. The van der Waals surface area contributed by atoms with Crippen molar-refractivity contribution in [1.82, 2.24) is 10.3 Å². The lowest BCUT2D eigenvalue weighted by Gasteiger charge is -2.12. The summed E-state index contributed by atoms with van der Waals surface area (Å²) >= 11 is 1.22. The fourth-order valence-corrected chi connectivity index (χ4v) is 2.02. The molecular formula is C11H15N3O5S. The van der Waals surface area contributed by atoms with E-state index in [0.717, 1.165) is 0 Å². The van der Waals surface area contributed by atoms with E-state index in [1.165, 1.54) is 23.8 Å². The van der Waals surface area contributed by atoms with Crippen LogP contribution in [-0.4, -0.2) is 41.1 Å². The number of carbonyl (C=O) groups excluding carboxylic acids is 2. The Morgan fingerprint density at radius 1 is 1.55 bits per heavy atom. The third-order valence-corrected chi connectivity index (χ3v) is 3.30. The number of carboxylic acids is 1. The minimum atomic E-state index is -1.23. The van der Waals surface area contributed by atoms with Gasteiger partial charge in [-0.2, -0.15) is 0 Å². The summed E-state index contributed by atoms with van der Waals surface area (Å²) in [6, 6.07) is -1.18. The Labute approximate surface area is 118 Å². The highest BCUT2D eigenvalue weighted by molar-refractivity contribution is 7.09. The molecule has 0 aliphatic carbocycles. The molecule has 9 heteroatoms. The first-order valence-electron chi connectivity index (χ1n) is 5.73. The van der Waals surface area contributed by atoms with Crippen molar-refractivity contribution in [2.24, 2.45) is 5.73 Å². The quantitative estimate of drug-likeness (QED) is 0.591. The van der Waals surface area contributed by atoms with Crippen LogP contribution in [0.2, 0.25) is 0 Å². The predicted molar refractivity (Wildman–Crippen MR) is 70.1 cm³/mol. The van der Waals surface area contributed by atoms with Gasteiger partial charge in [0.25, 0.3) is 5.91 Å². The molecule has 1 rings (SSSR count). The summed E-state index contributed by atoms with van der Waals surface area (Å²) < 4.78 is 4.42. The molecule has 0 bridgehead atoms. The maximum Gasteiger partial charge on any atom is 0.326 e. The molecule has 0 saturated heterocycles. The summed E-state index contributed by atoms with van der Waals surface area (Å²) in [5.74, 6) is -2.38. The van der Waals surface area contributed by atoms with Gasteiger partial charge in [0.05, 0.1) is 7.11 Å². The van der Waals surface area contributed by atoms with Crippen molar-refractivity contribution in [1.29, 1.82) is 0 Å². The molecule has 0 aliphatic rings. The van der Waals surface area contributed by atoms with Crippen LogP contribution < -0.4 is 11.1 Å². The van der Waals surface area contributed by atoms with Crippen LogP contribution in [0.5, 0.6) is 0 Å². The number of aliphatic carboxylic acids is 1. The molecule has 1 amide bonds. The van der Waals surface area contributed by atoms with Crippen molar-refractivity contribution >= 4 is 29.2 Å². The van der Waals surface area contributed by atoms with Gasteiger partial charge in [-0.3, -0.25) is 9.59 Å². The number of thiazole rings is 1. The Balaban J connectivity index is 2.63. The van der Waals surface area contributed by atoms with Gasteiger partial charge < -0.3 is 20.9 Å². The van der Waals surface area contributed by atoms with Crippen LogP contribution in [0.1, 0.15) is 28.3 Å². The molecule has 8 nitrogen and oxygen atoms in total. The number of nitrogens with zero attached hydrogens (tertiary/aromatic N) is 1. The highest BCUT2D eigenvalue weighted by Crippen LogP contribution is 2.09. The predicted octanol–water partition coefficient (Wildman–Crippen LogP) is -0.262. The smallest absolute Gasteiger partial charge is 0.326 e. The summed E-state index contributed by atoms with van der Waals surface area (Å²) in [4.78, 5) is 37.8. The number of carbonyl (C=O) groups is 3. The van der Waals surface area contributed by atoms with Crippen molar-refractivity contribution < 1.29 is 24.2 Å². The number of esters is 1. The van der Waals surface area contributed by atoms with Crippen molar-refractivity contribution in [3.05, 3.63) is 16.1 Å². The van der Waals surface area contributed by atoms with Gasteiger partial charge in [0.15, 0.2) is 0 Å². The number of aromatic nitrogens is 1. The van der Waals surface area contributed by atoms with Gasteiger partial charge in [0.2, 0.25) is 0 Å². The van der Waals surface area contributed by atoms with Crippen LogP contribution in [0, 0.1) is 0 Å². The van der Waals surface area contributed by atoms with E-state index >= 15 is 0 Å². The van der Waals surface area contributed by atoms with Gasteiger partial charge in [0.1, 0.15) is 16.7 Å². The van der Waals surface area contributed by atoms with Gasteiger partial charge in [-0.25, -0.2) is 9.78 Å². The number of hydrogen-bond donors (Lipinski definition) is 3. The zero-order chi connectivity index (χ0) is 15.1. The maximum absolute atomic E-state index is 11.8. The lowest BCUT2D eigenvalue weighted by molar-refractivity contribution is -0.142. The maximum atomic E-state index is 11.8. The fraction of sp³-hybridized carbons (Fsp3) is 0.455. The van der Waals surface area contributed by atoms with E-state index in [-0.39, 0.29) is 25.1 Å². The summed E-state index contributed by atoms with van der Waals surface area (Å²) in [5, 5.41) is 13.4. The Bertz CT molecular complexity index is 502. The van der Waals surface area contributed by atoms with Crippen molar-refractivity contribution in [3.8, 4) is 0 Å². The zero-order valence-corrected chi connectivity index (χ0v) is 11.6. The molecule has 20 heavy (non-hydrogen) atoms. The average Bonchev–Trinajstić information content (AvgIpc) is 2.91. The largest absolute Gasteiger partial charge is 0.480 e. The summed E-state index contributed by atoms with van der Waals surface area (Å²) in [5.41, 5.74) is 5.49. The summed E-state index contributed by atoms with van der Waals surface area (Å²) in [7, 11) is 1.21. The third-order valence-electron chi connectivity index (χ3n) is 2.43. The second-order valence-corrected chi connectivity index (χ2v) is 4.75. The molecule has 0 fully saturated rings. The first kappa shape index (κ1) is 16.1. The van der Waals surface area contributed by atoms with Crippen molar-refractivity contribution in [3.63, 3.8) is 0 Å². The number of hydrogen-bond acceptors (Lipinski definition) is 7. The molecule has 0 unspecified atom stereocenters. The number of nitrogens with one attached hydrogen (secondary N) is 1. The Morgan fingerprint density at radius 2 is 2.25 bits per heavy atom. The van der Waals surface area contributed by atoms with Crippen LogP contribution in [0.25, 0.3) is 0 Å². The molecule has 0 aliphatic heterocycles. The first-order valence-corrected chi connectivity index (χ1v) is 6.60. The van der Waals surface area contributed by atoms with E-state index in [2.05, 4.69) is 15.0 Å². The number of rotatable bonds is 7. The van der Waals surface area contributed by atoms with Crippen LogP contribution in [0.15, 0.2) is 5.38 Å². The Hall–Kier alpha value is -2.00. The van der Waals surface area contributed by atoms with Gasteiger partial charge in [-0.05, 0) is 6.42 Å². The SMILES string of the molecule is COC(=O)CC[C@H](NC(=O)c1csc(CN)n1)C(=O)O. The average molecular weight is 301 g/mol. The summed E-state index contributed by atoms with van der Waals surface area (Å²) in [6.07, 6.45) is -0.152. The second-order valence-electron chi connectivity index (χ2n) is 3.81. The molecule has 1 atom stereocenters. The van der Waals surface area contributed by atoms with Gasteiger partial charge in [-0.15, -0.1) is 11.3 Å². The Morgan fingerprint density at radius 3 is 2.75 bits per heavy atom. The van der Waals surface area contributed by atoms with Crippen LogP contribution in [0.4, 0.5) is 0 Å². The van der Waals surface area contributed by atoms with Gasteiger partial charge in [0, 0.05) is 18.3 Å². The normalized spacial score (nSPS) is 11.7. The number of carboxylic acid groups (broad SMARTS) is 1. The van der Waals surface area contributed by atoms with Crippen LogP contribution in [-0.2, 0) is 20.9 Å². The molecule has 1 aromatic heterocycles. The number of methoxy groups -OCH3 is 1.